The molecule has 1 aromatic carbocycles. The van der Waals surface area contributed by atoms with E-state index in [1.807, 2.05) is 0 Å². The maximum atomic E-state index is 12.7. The Kier molecular flexibility index (Phi) is 5.51. The number of phenols is 1. The lowest BCUT2D eigenvalue weighted by Crippen LogP contribution is -2.37. The molecule has 2 heterocycles. The van der Waals surface area contributed by atoms with Crippen LogP contribution in [-0.2, 0) is 20.6 Å². The molecule has 29 heavy (non-hydrogen) atoms. The molecule has 0 spiro atoms. The minimum atomic E-state index is -0.477. The van der Waals surface area contributed by atoms with E-state index in [9.17, 15) is 14.7 Å². The Morgan fingerprint density at radius 2 is 1.97 bits per heavy atom. The molecule has 3 aromatic rings. The van der Waals surface area contributed by atoms with Crippen LogP contribution < -0.4 is 22.1 Å². The van der Waals surface area contributed by atoms with Gasteiger partial charge in [0.25, 0.3) is 5.56 Å². The fourth-order valence-corrected chi connectivity index (χ4v) is 2.93. The maximum absolute atomic E-state index is 12.7. The Bertz CT molecular complexity index is 1250. The Labute approximate surface area is 171 Å². The number of hydrogen-bond donors (Lipinski definition) is 3. The van der Waals surface area contributed by atoms with Crippen LogP contribution in [0.4, 0.5) is 5.95 Å². The summed E-state index contributed by atoms with van der Waals surface area (Å²) in [6.45, 7) is 5.88. The lowest BCUT2D eigenvalue weighted by molar-refractivity contribution is 0.473. The van der Waals surface area contributed by atoms with Crippen molar-refractivity contribution in [2.24, 2.45) is 14.1 Å². The number of anilines is 1. The van der Waals surface area contributed by atoms with Crippen LogP contribution in [-0.4, -0.2) is 23.8 Å². The summed E-state index contributed by atoms with van der Waals surface area (Å²) in [5.41, 5.74) is 6.21. The average molecular weight is 417 g/mol. The molecule has 0 aliphatic rings. The van der Waals surface area contributed by atoms with Crippen molar-refractivity contribution in [3.05, 3.63) is 68.4 Å². The molecule has 0 fully saturated rings. The van der Waals surface area contributed by atoms with Gasteiger partial charge in [-0.1, -0.05) is 36.4 Å². The predicted octanol–water partition coefficient (Wildman–Crippen LogP) is 1.87. The lowest BCUT2D eigenvalue weighted by atomic mass is 10.1. The summed E-state index contributed by atoms with van der Waals surface area (Å²) in [5.74, 6) is 0.348. The first kappa shape index (κ1) is 20.3. The summed E-state index contributed by atoms with van der Waals surface area (Å²) in [5, 5.41) is 10.5. The Morgan fingerprint density at radius 3 is 2.62 bits per heavy atom. The number of aryl methyl sites for hydroxylation is 1. The van der Waals surface area contributed by atoms with Gasteiger partial charge in [0, 0.05) is 31.2 Å². The summed E-state index contributed by atoms with van der Waals surface area (Å²) in [4.78, 5) is 29.4. The van der Waals surface area contributed by atoms with Crippen LogP contribution in [0.5, 0.6) is 5.75 Å². The number of aromatic nitrogens is 4. The van der Waals surface area contributed by atoms with Gasteiger partial charge >= 0.3 is 5.69 Å². The molecule has 10 heteroatoms. The fraction of sp³-hybridized carbons (Fsp3) is 0.211. The van der Waals surface area contributed by atoms with Gasteiger partial charge in [0.05, 0.1) is 5.70 Å². The highest BCUT2D eigenvalue weighted by Gasteiger charge is 2.19. The van der Waals surface area contributed by atoms with Crippen molar-refractivity contribution in [2.45, 2.75) is 13.5 Å². The second kappa shape index (κ2) is 7.88. The van der Waals surface area contributed by atoms with E-state index in [1.54, 1.807) is 48.9 Å². The van der Waals surface area contributed by atoms with Gasteiger partial charge in [-0.25, -0.2) is 4.79 Å². The quantitative estimate of drug-likeness (QED) is 0.530. The largest absolute Gasteiger partial charge is 0.507 e. The summed E-state index contributed by atoms with van der Waals surface area (Å²) in [6.07, 6.45) is 1.72. The van der Waals surface area contributed by atoms with E-state index in [0.717, 1.165) is 4.57 Å². The van der Waals surface area contributed by atoms with Gasteiger partial charge in [0.2, 0.25) is 5.95 Å². The Balaban J connectivity index is 2.07. The fourth-order valence-electron chi connectivity index (χ4n) is 2.86. The van der Waals surface area contributed by atoms with Crippen molar-refractivity contribution in [1.82, 2.24) is 24.1 Å². The van der Waals surface area contributed by atoms with Gasteiger partial charge in [0.15, 0.2) is 11.2 Å². The highest BCUT2D eigenvalue weighted by Crippen LogP contribution is 2.22. The van der Waals surface area contributed by atoms with E-state index in [1.165, 1.54) is 11.6 Å². The molecule has 3 rings (SSSR count). The van der Waals surface area contributed by atoms with Crippen LogP contribution in [0.15, 0.2) is 51.5 Å². The molecule has 0 aliphatic carbocycles. The summed E-state index contributed by atoms with van der Waals surface area (Å²) < 4.78 is 3.93. The number of nitrogens with one attached hydrogen (secondary N) is 2. The third kappa shape index (κ3) is 3.77. The molecule has 0 aliphatic heterocycles. The number of hydrazine groups is 1. The third-order valence-electron chi connectivity index (χ3n) is 4.46. The number of rotatable bonds is 6. The molecule has 3 N–H and O–H groups in total. The summed E-state index contributed by atoms with van der Waals surface area (Å²) in [7, 11) is 2.96. The van der Waals surface area contributed by atoms with Crippen LogP contribution in [0, 0.1) is 0 Å². The SMILES string of the molecule is C=C(NNc1nc2c(c(=O)n(C)c(=O)n2C)n1CC=C(C)Cl)c1ccccc1O. The monoisotopic (exact) mass is 416 g/mol. The van der Waals surface area contributed by atoms with Gasteiger partial charge in [-0.15, -0.1) is 0 Å². The minimum absolute atomic E-state index is 0.0669. The normalized spacial score (nSPS) is 11.7. The molecule has 0 amide bonds. The number of nitrogens with zero attached hydrogens (tertiary/aromatic N) is 4. The number of imidazole rings is 1. The first-order chi connectivity index (χ1) is 13.7. The molecule has 152 valence electrons. The second-order valence-corrected chi connectivity index (χ2v) is 7.06. The highest BCUT2D eigenvalue weighted by atomic mass is 35.5. The molecule has 0 saturated carbocycles. The third-order valence-corrected chi connectivity index (χ3v) is 4.61. The van der Waals surface area contributed by atoms with E-state index in [2.05, 4.69) is 22.4 Å². The molecule has 2 aromatic heterocycles. The van der Waals surface area contributed by atoms with Crippen LogP contribution >= 0.6 is 11.6 Å². The topological polar surface area (TPSA) is 106 Å². The summed E-state index contributed by atoms with van der Waals surface area (Å²) in [6, 6.07) is 6.72. The smallest absolute Gasteiger partial charge is 0.332 e. The molecule has 0 atom stereocenters. The molecule has 0 saturated heterocycles. The van der Waals surface area contributed by atoms with Crippen LogP contribution in [0.2, 0.25) is 0 Å². The average Bonchev–Trinajstić information content (AvgIpc) is 3.06. The van der Waals surface area contributed by atoms with Gasteiger partial charge in [0.1, 0.15) is 5.75 Å². The zero-order chi connectivity index (χ0) is 21.3. The summed E-state index contributed by atoms with van der Waals surface area (Å²) >= 11 is 5.96. The first-order valence-electron chi connectivity index (χ1n) is 8.70. The zero-order valence-corrected chi connectivity index (χ0v) is 17.0. The Morgan fingerprint density at radius 1 is 1.28 bits per heavy atom. The van der Waals surface area contributed by atoms with Crippen molar-refractivity contribution >= 4 is 34.4 Å². The van der Waals surface area contributed by atoms with Gasteiger partial charge in [-0.05, 0) is 19.1 Å². The number of benzene rings is 1. The molecule has 9 nitrogen and oxygen atoms in total. The zero-order valence-electron chi connectivity index (χ0n) is 16.2. The predicted molar refractivity (Wildman–Crippen MR) is 114 cm³/mol. The standard InChI is InChI=1S/C19H21ClN6O3/c1-11(20)9-10-26-15-16(24(3)19(29)25(4)17(15)28)21-18(26)23-22-12(2)13-7-5-6-8-14(13)27/h5-9,22,27H,2,10H2,1,3-4H3,(H,21,23). The van der Waals surface area contributed by atoms with Crippen molar-refractivity contribution < 1.29 is 5.11 Å². The molecule has 0 unspecified atom stereocenters. The Hall–Kier alpha value is -3.46. The number of phenolic OH excluding ortho intramolecular Hbond substituents is 1. The van der Waals surface area contributed by atoms with E-state index in [0.29, 0.717) is 16.3 Å². The molecule has 0 radical (unpaired) electrons. The second-order valence-electron chi connectivity index (χ2n) is 6.46. The van der Waals surface area contributed by atoms with E-state index < -0.39 is 11.2 Å². The van der Waals surface area contributed by atoms with Gasteiger partial charge < -0.3 is 5.11 Å². The van der Waals surface area contributed by atoms with Crippen molar-refractivity contribution in [2.75, 3.05) is 5.43 Å². The van der Waals surface area contributed by atoms with E-state index >= 15 is 0 Å². The van der Waals surface area contributed by atoms with Crippen molar-refractivity contribution in [1.29, 1.82) is 0 Å². The van der Waals surface area contributed by atoms with Gasteiger partial charge in [-0.2, -0.15) is 4.98 Å². The van der Waals surface area contributed by atoms with Crippen LogP contribution in [0.3, 0.4) is 0 Å². The first-order valence-corrected chi connectivity index (χ1v) is 9.08. The maximum Gasteiger partial charge on any atom is 0.332 e. The van der Waals surface area contributed by atoms with Crippen molar-refractivity contribution in [3.63, 3.8) is 0 Å². The van der Waals surface area contributed by atoms with Crippen LogP contribution in [0.25, 0.3) is 16.9 Å². The van der Waals surface area contributed by atoms with E-state index in [4.69, 9.17) is 11.6 Å². The van der Waals surface area contributed by atoms with Crippen molar-refractivity contribution in [3.8, 4) is 5.75 Å². The number of halogens is 1. The molecular weight excluding hydrogens is 396 g/mol. The number of para-hydroxylation sites is 1. The number of fused-ring (bicyclic) bond motifs is 1. The number of aromatic hydroxyl groups is 1. The van der Waals surface area contributed by atoms with E-state index in [-0.39, 0.29) is 29.4 Å². The lowest BCUT2D eigenvalue weighted by Gasteiger charge is -2.14. The van der Waals surface area contributed by atoms with Crippen LogP contribution in [0.1, 0.15) is 12.5 Å². The molecule has 0 bridgehead atoms. The highest BCUT2D eigenvalue weighted by molar-refractivity contribution is 6.29. The molecular formula is C19H21ClN6O3. The minimum Gasteiger partial charge on any atom is -0.507 e. The number of allylic oxidation sites excluding steroid dienone is 2. The van der Waals surface area contributed by atoms with Gasteiger partial charge in [-0.3, -0.25) is 29.3 Å². The number of hydrogen-bond acceptors (Lipinski definition) is 6.